The van der Waals surface area contributed by atoms with Crippen molar-refractivity contribution in [3.8, 4) is 0 Å². The van der Waals surface area contributed by atoms with E-state index in [0.717, 1.165) is 6.42 Å². The monoisotopic (exact) mass is 313 g/mol. The van der Waals surface area contributed by atoms with Crippen molar-refractivity contribution in [1.29, 1.82) is 0 Å². The summed E-state index contributed by atoms with van der Waals surface area (Å²) >= 11 is 0. The topological polar surface area (TPSA) is 38.7 Å². The van der Waals surface area contributed by atoms with Gasteiger partial charge in [0.2, 0.25) is 0 Å². The second kappa shape index (κ2) is 6.75. The van der Waals surface area contributed by atoms with E-state index in [1.54, 1.807) is 17.3 Å². The van der Waals surface area contributed by atoms with Gasteiger partial charge in [0.15, 0.2) is 0 Å². The molecule has 2 aliphatic rings. The fraction of sp³-hybridized carbons (Fsp3) is 0.190. The minimum absolute atomic E-state index is 1.10. The Morgan fingerprint density at radius 3 is 2.50 bits per heavy atom. The van der Waals surface area contributed by atoms with Gasteiger partial charge in [0.05, 0.1) is 6.20 Å². The first-order valence-corrected chi connectivity index (χ1v) is 8.41. The zero-order valence-corrected chi connectivity index (χ0v) is 13.5. The average Bonchev–Trinajstić information content (AvgIpc) is 2.69. The maximum absolute atomic E-state index is 3.61. The molecule has 0 unspecified atom stereocenters. The molecule has 0 radical (unpaired) electrons. The van der Waals surface area contributed by atoms with Gasteiger partial charge in [-0.05, 0) is 57.7 Å². The van der Waals surface area contributed by atoms with Crippen LogP contribution in [0.15, 0.2) is 55.1 Å². The smallest absolute Gasteiger partial charge is 0.138 e. The molecule has 3 nitrogen and oxygen atoms in total. The number of aromatic nitrogens is 3. The van der Waals surface area contributed by atoms with Crippen molar-refractivity contribution in [3.05, 3.63) is 87.1 Å². The lowest BCUT2D eigenvalue weighted by Crippen LogP contribution is -2.19. The lowest BCUT2D eigenvalue weighted by atomic mass is 9.89. The van der Waals surface area contributed by atoms with Crippen molar-refractivity contribution in [2.24, 2.45) is 0 Å². The number of rotatable bonds is 0. The van der Waals surface area contributed by atoms with Crippen LogP contribution in [0.1, 0.15) is 24.0 Å². The third kappa shape index (κ3) is 2.85. The highest BCUT2D eigenvalue weighted by molar-refractivity contribution is 5.47. The Labute approximate surface area is 140 Å². The zero-order chi connectivity index (χ0) is 16.2. The third-order valence-corrected chi connectivity index (χ3v) is 4.64. The van der Waals surface area contributed by atoms with Gasteiger partial charge in [-0.3, -0.25) is 0 Å². The van der Waals surface area contributed by atoms with Gasteiger partial charge in [-0.25, -0.2) is 4.98 Å². The van der Waals surface area contributed by atoms with E-state index >= 15 is 0 Å². The summed E-state index contributed by atoms with van der Waals surface area (Å²) in [7, 11) is 0. The van der Waals surface area contributed by atoms with Crippen LogP contribution in [0.2, 0.25) is 0 Å². The summed E-state index contributed by atoms with van der Waals surface area (Å²) in [5.41, 5.74) is 3.17. The highest BCUT2D eigenvalue weighted by Crippen LogP contribution is 2.17. The first-order valence-electron chi connectivity index (χ1n) is 8.41. The standard InChI is InChI=1S/C18H16.C3H3N3/c1-3-7-15-13(5-1)9-11-18-16-8-4-2-6-14(16)10-12-17(15)18;1-2-5-6-3-4-1/h1,3,5-7,9-10,12H,2,4,8,11H2;1-3H. The van der Waals surface area contributed by atoms with Gasteiger partial charge in [0.1, 0.15) is 6.33 Å². The lowest BCUT2D eigenvalue weighted by molar-refractivity contribution is 0.824. The van der Waals surface area contributed by atoms with Gasteiger partial charge in [-0.1, -0.05) is 48.6 Å². The molecule has 1 aromatic heterocycles. The van der Waals surface area contributed by atoms with Crippen LogP contribution in [0, 0.1) is 10.4 Å². The molecule has 0 saturated carbocycles. The Morgan fingerprint density at radius 1 is 0.750 bits per heavy atom. The van der Waals surface area contributed by atoms with Crippen LogP contribution in [0.5, 0.6) is 0 Å². The van der Waals surface area contributed by atoms with Crippen LogP contribution in [-0.2, 0) is 12.8 Å². The molecule has 118 valence electrons. The average molecular weight is 313 g/mol. The van der Waals surface area contributed by atoms with Crippen molar-refractivity contribution in [2.75, 3.05) is 0 Å². The molecule has 0 bridgehead atoms. The summed E-state index contributed by atoms with van der Waals surface area (Å²) in [5.74, 6) is 0. The number of fused-ring (bicyclic) bond motifs is 4. The minimum atomic E-state index is 1.10. The van der Waals surface area contributed by atoms with E-state index in [9.17, 15) is 0 Å². The minimum Gasteiger partial charge on any atom is -0.241 e. The Bertz CT molecular complexity index is 1030. The summed E-state index contributed by atoms with van der Waals surface area (Å²) < 4.78 is 0. The van der Waals surface area contributed by atoms with E-state index in [4.69, 9.17) is 0 Å². The highest BCUT2D eigenvalue weighted by atomic mass is 15.1. The van der Waals surface area contributed by atoms with Crippen molar-refractivity contribution >= 4 is 12.2 Å². The first-order chi connectivity index (χ1) is 11.9. The van der Waals surface area contributed by atoms with Crippen LogP contribution >= 0.6 is 0 Å². The number of hydrogen-bond donors (Lipinski definition) is 0. The summed E-state index contributed by atoms with van der Waals surface area (Å²) in [6.07, 6.45) is 14.2. The molecule has 2 aliphatic carbocycles. The van der Waals surface area contributed by atoms with Crippen molar-refractivity contribution in [2.45, 2.75) is 25.7 Å². The molecule has 0 spiro atoms. The Morgan fingerprint density at radius 2 is 1.71 bits per heavy atom. The molecule has 1 heterocycles. The SMILES string of the molecule is C1=c2ccc3c(c2CCC1)CC=c1ccccc1=3.c1cnncn1. The Hall–Kier alpha value is -2.81. The molecule has 0 N–H and O–H groups in total. The predicted molar refractivity (Wildman–Crippen MR) is 95.2 cm³/mol. The molecular formula is C21H19N3. The third-order valence-electron chi connectivity index (χ3n) is 4.64. The van der Waals surface area contributed by atoms with E-state index in [2.05, 4.69) is 63.7 Å². The van der Waals surface area contributed by atoms with Crippen LogP contribution in [0.4, 0.5) is 0 Å². The van der Waals surface area contributed by atoms with Gasteiger partial charge in [-0.2, -0.15) is 5.10 Å². The van der Waals surface area contributed by atoms with E-state index in [1.165, 1.54) is 52.7 Å². The molecule has 3 heteroatoms. The van der Waals surface area contributed by atoms with Crippen molar-refractivity contribution in [1.82, 2.24) is 15.2 Å². The Balaban J connectivity index is 0.000000207. The van der Waals surface area contributed by atoms with Gasteiger partial charge >= 0.3 is 0 Å². The first kappa shape index (κ1) is 14.8. The summed E-state index contributed by atoms with van der Waals surface area (Å²) in [6, 6.07) is 13.4. The normalized spacial score (nSPS) is 13.8. The van der Waals surface area contributed by atoms with Crippen molar-refractivity contribution < 1.29 is 0 Å². The molecule has 0 amide bonds. The van der Waals surface area contributed by atoms with Gasteiger partial charge in [0.25, 0.3) is 0 Å². The summed E-state index contributed by atoms with van der Waals surface area (Å²) in [4.78, 5) is 3.61. The van der Waals surface area contributed by atoms with Crippen molar-refractivity contribution in [3.63, 3.8) is 0 Å². The molecular weight excluding hydrogens is 294 g/mol. The van der Waals surface area contributed by atoms with Crippen LogP contribution in [0.25, 0.3) is 12.2 Å². The van der Waals surface area contributed by atoms with Gasteiger partial charge in [-0.15, -0.1) is 5.10 Å². The lowest BCUT2D eigenvalue weighted by Gasteiger charge is -2.16. The molecule has 0 fully saturated rings. The second-order valence-electron chi connectivity index (χ2n) is 6.04. The second-order valence-corrected chi connectivity index (χ2v) is 6.04. The van der Waals surface area contributed by atoms with Crippen LogP contribution in [-0.4, -0.2) is 15.2 Å². The fourth-order valence-corrected chi connectivity index (χ4v) is 3.56. The summed E-state index contributed by atoms with van der Waals surface area (Å²) in [5, 5.41) is 12.6. The largest absolute Gasteiger partial charge is 0.241 e. The number of nitrogens with zero attached hydrogens (tertiary/aromatic N) is 3. The maximum Gasteiger partial charge on any atom is 0.138 e. The molecule has 0 aliphatic heterocycles. The molecule has 5 rings (SSSR count). The van der Waals surface area contributed by atoms with E-state index in [-0.39, 0.29) is 0 Å². The molecule has 24 heavy (non-hydrogen) atoms. The fourth-order valence-electron chi connectivity index (χ4n) is 3.56. The van der Waals surface area contributed by atoms with Crippen LogP contribution in [0.3, 0.4) is 0 Å². The van der Waals surface area contributed by atoms with E-state index in [0.29, 0.717) is 0 Å². The molecule has 2 aromatic carbocycles. The zero-order valence-electron chi connectivity index (χ0n) is 13.5. The number of benzene rings is 2. The van der Waals surface area contributed by atoms with Gasteiger partial charge < -0.3 is 0 Å². The van der Waals surface area contributed by atoms with E-state index in [1.807, 2.05) is 0 Å². The maximum atomic E-state index is 3.61. The molecule has 0 saturated heterocycles. The number of hydrogen-bond acceptors (Lipinski definition) is 3. The Kier molecular flexibility index (Phi) is 4.15. The molecule has 3 aromatic rings. The highest BCUT2D eigenvalue weighted by Gasteiger charge is 2.10. The molecule has 0 atom stereocenters. The summed E-state index contributed by atoms with van der Waals surface area (Å²) in [6.45, 7) is 0. The predicted octanol–water partition coefficient (Wildman–Crippen LogP) is 2.30. The van der Waals surface area contributed by atoms with E-state index < -0.39 is 0 Å². The quantitative estimate of drug-likeness (QED) is 0.639. The van der Waals surface area contributed by atoms with Crippen LogP contribution < -0.4 is 10.4 Å². The van der Waals surface area contributed by atoms with Gasteiger partial charge in [0, 0.05) is 6.20 Å².